The third-order valence-corrected chi connectivity index (χ3v) is 3.17. The van der Waals surface area contributed by atoms with Gasteiger partial charge in [-0.2, -0.15) is 0 Å². The summed E-state index contributed by atoms with van der Waals surface area (Å²) in [6.45, 7) is 0. The van der Waals surface area contributed by atoms with Crippen molar-refractivity contribution in [3.63, 3.8) is 0 Å². The van der Waals surface area contributed by atoms with Crippen LogP contribution in [0.1, 0.15) is 18.5 Å². The molecule has 2 N–H and O–H groups in total. The minimum absolute atomic E-state index is 0.148. The average Bonchev–Trinajstić information content (AvgIpc) is 3.10. The van der Waals surface area contributed by atoms with E-state index in [-0.39, 0.29) is 5.54 Å². The summed E-state index contributed by atoms with van der Waals surface area (Å²) < 4.78 is 0. The minimum atomic E-state index is -0.148. The Bertz CT molecular complexity index is 501. The number of pyridine rings is 1. The lowest BCUT2D eigenvalue weighted by atomic mass is 10.0. The number of benzene rings is 1. The van der Waals surface area contributed by atoms with E-state index < -0.39 is 0 Å². The van der Waals surface area contributed by atoms with Crippen LogP contribution in [0.5, 0.6) is 0 Å². The van der Waals surface area contributed by atoms with Crippen molar-refractivity contribution < 1.29 is 0 Å². The Hall–Kier alpha value is -1.67. The summed E-state index contributed by atoms with van der Waals surface area (Å²) >= 11 is 0. The molecule has 1 aliphatic carbocycles. The van der Waals surface area contributed by atoms with Gasteiger partial charge in [-0.3, -0.25) is 4.98 Å². The summed E-state index contributed by atoms with van der Waals surface area (Å²) in [5.74, 6) is 0. The maximum atomic E-state index is 6.15. The average molecular weight is 210 g/mol. The molecule has 0 unspecified atom stereocenters. The Morgan fingerprint density at radius 1 is 1.00 bits per heavy atom. The van der Waals surface area contributed by atoms with Crippen LogP contribution in [-0.2, 0) is 5.54 Å². The zero-order chi connectivity index (χ0) is 11.0. The molecular formula is C14H14N2. The molecule has 1 aromatic carbocycles. The van der Waals surface area contributed by atoms with E-state index in [1.54, 1.807) is 0 Å². The first-order valence-electron chi connectivity index (χ1n) is 5.59. The van der Waals surface area contributed by atoms with Crippen LogP contribution in [-0.4, -0.2) is 4.98 Å². The van der Waals surface area contributed by atoms with Gasteiger partial charge in [0.25, 0.3) is 0 Å². The quantitative estimate of drug-likeness (QED) is 0.827. The van der Waals surface area contributed by atoms with Crippen molar-refractivity contribution in [1.82, 2.24) is 4.98 Å². The van der Waals surface area contributed by atoms with Gasteiger partial charge >= 0.3 is 0 Å². The van der Waals surface area contributed by atoms with E-state index in [1.165, 1.54) is 11.1 Å². The molecule has 0 radical (unpaired) electrons. The molecule has 80 valence electrons. The topological polar surface area (TPSA) is 38.9 Å². The highest BCUT2D eigenvalue weighted by Gasteiger charge is 2.41. The molecular weight excluding hydrogens is 196 g/mol. The Morgan fingerprint density at radius 3 is 2.44 bits per heavy atom. The Kier molecular flexibility index (Phi) is 2.04. The first-order chi connectivity index (χ1) is 7.78. The predicted octanol–water partition coefficient (Wildman–Crippen LogP) is 2.70. The van der Waals surface area contributed by atoms with E-state index in [0.717, 1.165) is 18.5 Å². The van der Waals surface area contributed by atoms with Gasteiger partial charge < -0.3 is 5.73 Å². The van der Waals surface area contributed by atoms with Crippen molar-refractivity contribution in [3.05, 3.63) is 54.4 Å². The highest BCUT2D eigenvalue weighted by molar-refractivity contribution is 5.63. The molecule has 0 aliphatic heterocycles. The maximum Gasteiger partial charge on any atom is 0.0608 e. The van der Waals surface area contributed by atoms with Gasteiger partial charge in [0.2, 0.25) is 0 Å². The van der Waals surface area contributed by atoms with Gasteiger partial charge in [0.1, 0.15) is 0 Å². The molecule has 0 spiro atoms. The summed E-state index contributed by atoms with van der Waals surface area (Å²) in [5.41, 5.74) is 9.44. The molecule has 0 bridgehead atoms. The summed E-state index contributed by atoms with van der Waals surface area (Å²) in [4.78, 5) is 4.37. The van der Waals surface area contributed by atoms with Gasteiger partial charge in [0, 0.05) is 6.20 Å². The zero-order valence-electron chi connectivity index (χ0n) is 9.06. The highest BCUT2D eigenvalue weighted by atomic mass is 14.9. The molecule has 3 rings (SSSR count). The first kappa shape index (κ1) is 9.55. The number of nitrogens with two attached hydrogens (primary N) is 1. The van der Waals surface area contributed by atoms with Crippen molar-refractivity contribution in [2.45, 2.75) is 18.4 Å². The van der Waals surface area contributed by atoms with E-state index >= 15 is 0 Å². The second-order valence-electron chi connectivity index (χ2n) is 4.45. The molecule has 2 heteroatoms. The van der Waals surface area contributed by atoms with Crippen LogP contribution in [0.2, 0.25) is 0 Å². The van der Waals surface area contributed by atoms with E-state index in [4.69, 9.17) is 5.73 Å². The van der Waals surface area contributed by atoms with E-state index in [0.29, 0.717) is 0 Å². The smallest absolute Gasteiger partial charge is 0.0608 e. The molecule has 2 nitrogen and oxygen atoms in total. The second kappa shape index (κ2) is 3.42. The standard InChI is InChI=1S/C14H14N2/c15-14(7-8-14)13-10-12(6-9-16-13)11-4-2-1-3-5-11/h1-6,9-10H,7-8,15H2. The summed E-state index contributed by atoms with van der Waals surface area (Å²) in [7, 11) is 0. The molecule has 1 aliphatic rings. The van der Waals surface area contributed by atoms with Crippen molar-refractivity contribution in [2.75, 3.05) is 0 Å². The largest absolute Gasteiger partial charge is 0.320 e. The lowest BCUT2D eigenvalue weighted by molar-refractivity contribution is 0.708. The van der Waals surface area contributed by atoms with Crippen LogP contribution >= 0.6 is 0 Å². The third-order valence-electron chi connectivity index (χ3n) is 3.17. The van der Waals surface area contributed by atoms with Crippen LogP contribution in [0.25, 0.3) is 11.1 Å². The number of aromatic nitrogens is 1. The Morgan fingerprint density at radius 2 is 1.75 bits per heavy atom. The molecule has 0 amide bonds. The van der Waals surface area contributed by atoms with Crippen LogP contribution in [0.15, 0.2) is 48.7 Å². The minimum Gasteiger partial charge on any atom is -0.320 e. The predicted molar refractivity (Wildman–Crippen MR) is 64.8 cm³/mol. The first-order valence-corrected chi connectivity index (χ1v) is 5.59. The fourth-order valence-electron chi connectivity index (χ4n) is 1.90. The molecule has 1 saturated carbocycles. The fourth-order valence-corrected chi connectivity index (χ4v) is 1.90. The van der Waals surface area contributed by atoms with Gasteiger partial charge in [-0.15, -0.1) is 0 Å². The van der Waals surface area contributed by atoms with Crippen LogP contribution in [0, 0.1) is 0 Å². The lowest BCUT2D eigenvalue weighted by Gasteiger charge is -2.09. The summed E-state index contributed by atoms with van der Waals surface area (Å²) in [6.07, 6.45) is 3.96. The summed E-state index contributed by atoms with van der Waals surface area (Å²) in [5, 5.41) is 0. The molecule has 2 aromatic rings. The Balaban J connectivity index is 2.03. The van der Waals surface area contributed by atoms with Gasteiger partial charge in [0.15, 0.2) is 0 Å². The second-order valence-corrected chi connectivity index (χ2v) is 4.45. The fraction of sp³-hybridized carbons (Fsp3) is 0.214. The van der Waals surface area contributed by atoms with Crippen LogP contribution in [0.4, 0.5) is 0 Å². The van der Waals surface area contributed by atoms with Gasteiger partial charge in [-0.1, -0.05) is 30.3 Å². The monoisotopic (exact) mass is 210 g/mol. The third kappa shape index (κ3) is 1.61. The van der Waals surface area contributed by atoms with E-state index in [1.807, 2.05) is 30.5 Å². The molecule has 0 atom stereocenters. The zero-order valence-corrected chi connectivity index (χ0v) is 9.06. The van der Waals surface area contributed by atoms with E-state index in [2.05, 4.69) is 23.2 Å². The molecule has 1 aromatic heterocycles. The van der Waals surface area contributed by atoms with Gasteiger partial charge in [-0.25, -0.2) is 0 Å². The normalized spacial score (nSPS) is 17.1. The SMILES string of the molecule is NC1(c2cc(-c3ccccc3)ccn2)CC1. The maximum absolute atomic E-state index is 6.15. The lowest BCUT2D eigenvalue weighted by Crippen LogP contribution is -2.20. The summed E-state index contributed by atoms with van der Waals surface area (Å²) in [6, 6.07) is 14.5. The van der Waals surface area contributed by atoms with E-state index in [9.17, 15) is 0 Å². The van der Waals surface area contributed by atoms with Crippen molar-refractivity contribution >= 4 is 0 Å². The molecule has 0 saturated heterocycles. The number of hydrogen-bond acceptors (Lipinski definition) is 2. The highest BCUT2D eigenvalue weighted by Crippen LogP contribution is 2.42. The van der Waals surface area contributed by atoms with Crippen molar-refractivity contribution in [1.29, 1.82) is 0 Å². The van der Waals surface area contributed by atoms with Crippen LogP contribution in [0.3, 0.4) is 0 Å². The molecule has 1 heterocycles. The van der Waals surface area contributed by atoms with Gasteiger partial charge in [-0.05, 0) is 36.1 Å². The molecule has 1 fully saturated rings. The van der Waals surface area contributed by atoms with Crippen molar-refractivity contribution in [3.8, 4) is 11.1 Å². The Labute approximate surface area is 95.1 Å². The van der Waals surface area contributed by atoms with Crippen molar-refractivity contribution in [2.24, 2.45) is 5.73 Å². The van der Waals surface area contributed by atoms with Gasteiger partial charge in [0.05, 0.1) is 11.2 Å². The number of rotatable bonds is 2. The van der Waals surface area contributed by atoms with Crippen LogP contribution < -0.4 is 5.73 Å². The number of hydrogen-bond donors (Lipinski definition) is 1. The number of nitrogens with zero attached hydrogens (tertiary/aromatic N) is 1. The molecule has 16 heavy (non-hydrogen) atoms.